The Hall–Kier alpha value is -2.09. The van der Waals surface area contributed by atoms with Crippen LogP contribution in [0.1, 0.15) is 37.8 Å². The van der Waals surface area contributed by atoms with Crippen LogP contribution in [0.2, 0.25) is 0 Å². The zero-order valence-electron chi connectivity index (χ0n) is 14.1. The smallest absolute Gasteiger partial charge is 0.416 e. The van der Waals surface area contributed by atoms with E-state index in [4.69, 9.17) is 9.47 Å². The molecule has 0 saturated carbocycles. The normalized spacial score (nSPS) is 15.7. The van der Waals surface area contributed by atoms with Gasteiger partial charge in [-0.05, 0) is 31.0 Å². The highest BCUT2D eigenvalue weighted by atomic mass is 19.4. The Morgan fingerprint density at radius 3 is 2.40 bits per heavy atom. The number of rotatable bonds is 4. The second-order valence-electron chi connectivity index (χ2n) is 5.85. The van der Waals surface area contributed by atoms with Gasteiger partial charge in [-0.1, -0.05) is 0 Å². The highest BCUT2D eigenvalue weighted by Gasteiger charge is 2.33. The third kappa shape index (κ3) is 4.94. The van der Waals surface area contributed by atoms with Crippen LogP contribution in [0, 0.1) is 0 Å². The number of hydrogen-bond acceptors (Lipinski definition) is 4. The van der Waals surface area contributed by atoms with Crippen LogP contribution in [0.3, 0.4) is 0 Å². The standard InChI is InChI=1S/C17H20F3NO4/c1-11(22)21(15-5-7-24-8-6-15)16-4-3-14(17(18,19)20)9-13(16)10-25-12(2)23/h3-4,9,15H,5-8,10H2,1-2H3. The van der Waals surface area contributed by atoms with E-state index in [0.717, 1.165) is 12.1 Å². The quantitative estimate of drug-likeness (QED) is 0.774. The number of amides is 1. The monoisotopic (exact) mass is 359 g/mol. The Morgan fingerprint density at radius 2 is 1.88 bits per heavy atom. The summed E-state index contributed by atoms with van der Waals surface area (Å²) in [5.74, 6) is -0.889. The molecular formula is C17H20F3NO4. The number of benzene rings is 1. The van der Waals surface area contributed by atoms with E-state index in [9.17, 15) is 22.8 Å². The van der Waals surface area contributed by atoms with Gasteiger partial charge in [-0.2, -0.15) is 13.2 Å². The molecule has 2 rings (SSSR count). The molecule has 0 N–H and O–H groups in total. The summed E-state index contributed by atoms with van der Waals surface area (Å²) >= 11 is 0. The van der Waals surface area contributed by atoms with Crippen LogP contribution in [0.5, 0.6) is 0 Å². The number of anilines is 1. The van der Waals surface area contributed by atoms with Gasteiger partial charge < -0.3 is 14.4 Å². The Labute approximate surface area is 143 Å². The summed E-state index contributed by atoms with van der Waals surface area (Å²) < 4.78 is 49.2. The van der Waals surface area contributed by atoms with Crippen LogP contribution >= 0.6 is 0 Å². The molecule has 0 spiro atoms. The molecule has 1 amide bonds. The molecule has 1 saturated heterocycles. The molecule has 8 heteroatoms. The lowest BCUT2D eigenvalue weighted by molar-refractivity contribution is -0.142. The summed E-state index contributed by atoms with van der Waals surface area (Å²) in [5, 5.41) is 0. The third-order valence-electron chi connectivity index (χ3n) is 3.99. The highest BCUT2D eigenvalue weighted by Crippen LogP contribution is 2.35. The SMILES string of the molecule is CC(=O)OCc1cc(C(F)(F)F)ccc1N(C(C)=O)C1CCOCC1. The number of carbonyl (C=O) groups excluding carboxylic acids is 2. The Kier molecular flexibility index (Phi) is 6.05. The molecule has 138 valence electrons. The van der Waals surface area contributed by atoms with Gasteiger partial charge in [0.25, 0.3) is 0 Å². The molecule has 0 aromatic heterocycles. The van der Waals surface area contributed by atoms with E-state index in [1.54, 1.807) is 0 Å². The minimum absolute atomic E-state index is 0.145. The number of esters is 1. The summed E-state index contributed by atoms with van der Waals surface area (Å²) in [6, 6.07) is 2.95. The first-order valence-corrected chi connectivity index (χ1v) is 7.91. The number of nitrogens with zero attached hydrogens (tertiary/aromatic N) is 1. The molecule has 1 fully saturated rings. The second-order valence-corrected chi connectivity index (χ2v) is 5.85. The molecule has 0 aliphatic carbocycles. The number of alkyl halides is 3. The van der Waals surface area contributed by atoms with Gasteiger partial charge >= 0.3 is 12.1 Å². The fourth-order valence-corrected chi connectivity index (χ4v) is 2.86. The highest BCUT2D eigenvalue weighted by molar-refractivity contribution is 5.93. The molecule has 5 nitrogen and oxygen atoms in total. The summed E-state index contributed by atoms with van der Waals surface area (Å²) in [4.78, 5) is 24.7. The van der Waals surface area contributed by atoms with Crippen molar-refractivity contribution in [3.8, 4) is 0 Å². The summed E-state index contributed by atoms with van der Waals surface area (Å²) in [6.45, 7) is 3.17. The van der Waals surface area contributed by atoms with Crippen LogP contribution < -0.4 is 4.90 Å². The van der Waals surface area contributed by atoms with Crippen molar-refractivity contribution in [2.75, 3.05) is 18.1 Å². The molecule has 25 heavy (non-hydrogen) atoms. The molecule has 0 bridgehead atoms. The van der Waals surface area contributed by atoms with Crippen LogP contribution in [0.15, 0.2) is 18.2 Å². The predicted molar refractivity (Wildman–Crippen MR) is 83.9 cm³/mol. The average molecular weight is 359 g/mol. The number of ether oxygens (including phenoxy) is 2. The summed E-state index contributed by atoms with van der Waals surface area (Å²) in [7, 11) is 0. The Balaban J connectivity index is 2.44. The molecule has 1 aliphatic heterocycles. The van der Waals surface area contributed by atoms with Crippen molar-refractivity contribution in [1.82, 2.24) is 0 Å². The Bertz CT molecular complexity index is 639. The van der Waals surface area contributed by atoms with Gasteiger partial charge in [-0.15, -0.1) is 0 Å². The van der Waals surface area contributed by atoms with Gasteiger partial charge in [-0.3, -0.25) is 9.59 Å². The molecule has 1 aromatic carbocycles. The van der Waals surface area contributed by atoms with Crippen molar-refractivity contribution in [1.29, 1.82) is 0 Å². The van der Waals surface area contributed by atoms with Crippen molar-refractivity contribution in [3.63, 3.8) is 0 Å². The molecular weight excluding hydrogens is 339 g/mol. The molecule has 0 atom stereocenters. The van der Waals surface area contributed by atoms with E-state index < -0.39 is 17.7 Å². The van der Waals surface area contributed by atoms with E-state index in [-0.39, 0.29) is 24.1 Å². The lowest BCUT2D eigenvalue weighted by atomic mass is 10.0. The zero-order chi connectivity index (χ0) is 18.6. The van der Waals surface area contributed by atoms with Crippen molar-refractivity contribution >= 4 is 17.6 Å². The average Bonchev–Trinajstić information content (AvgIpc) is 2.53. The van der Waals surface area contributed by atoms with Crippen LogP contribution in [0.25, 0.3) is 0 Å². The van der Waals surface area contributed by atoms with Crippen LogP contribution in [0.4, 0.5) is 18.9 Å². The van der Waals surface area contributed by atoms with Gasteiger partial charge in [0.15, 0.2) is 0 Å². The van der Waals surface area contributed by atoms with Crippen molar-refractivity contribution in [2.24, 2.45) is 0 Å². The lowest BCUT2D eigenvalue weighted by Gasteiger charge is -2.35. The molecule has 1 aliphatic rings. The van der Waals surface area contributed by atoms with Gasteiger partial charge in [0.2, 0.25) is 5.91 Å². The third-order valence-corrected chi connectivity index (χ3v) is 3.99. The second kappa shape index (κ2) is 7.86. The first kappa shape index (κ1) is 19.2. The van der Waals surface area contributed by atoms with E-state index >= 15 is 0 Å². The van der Waals surface area contributed by atoms with Crippen molar-refractivity contribution < 1.29 is 32.2 Å². The number of carbonyl (C=O) groups is 2. The van der Waals surface area contributed by atoms with Crippen molar-refractivity contribution in [3.05, 3.63) is 29.3 Å². The maximum Gasteiger partial charge on any atom is 0.416 e. The number of halogens is 3. The minimum Gasteiger partial charge on any atom is -0.461 e. The van der Waals surface area contributed by atoms with E-state index in [1.165, 1.54) is 24.8 Å². The lowest BCUT2D eigenvalue weighted by Crippen LogP contribution is -2.43. The molecule has 0 unspecified atom stereocenters. The van der Waals surface area contributed by atoms with Gasteiger partial charge in [-0.25, -0.2) is 0 Å². The van der Waals surface area contributed by atoms with E-state index in [0.29, 0.717) is 31.7 Å². The van der Waals surface area contributed by atoms with Crippen LogP contribution in [-0.4, -0.2) is 31.1 Å². The molecule has 0 radical (unpaired) electrons. The molecule has 1 heterocycles. The summed E-state index contributed by atoms with van der Waals surface area (Å²) in [5.41, 5.74) is -0.380. The first-order chi connectivity index (χ1) is 11.7. The van der Waals surface area contributed by atoms with E-state index in [1.807, 2.05) is 0 Å². The maximum atomic E-state index is 13.0. The fourth-order valence-electron chi connectivity index (χ4n) is 2.86. The summed E-state index contributed by atoms with van der Waals surface area (Å²) in [6.07, 6.45) is -3.34. The first-order valence-electron chi connectivity index (χ1n) is 7.91. The Morgan fingerprint density at radius 1 is 1.24 bits per heavy atom. The maximum absolute atomic E-state index is 13.0. The van der Waals surface area contributed by atoms with Gasteiger partial charge in [0.05, 0.1) is 11.3 Å². The van der Waals surface area contributed by atoms with Gasteiger partial charge in [0.1, 0.15) is 6.61 Å². The topological polar surface area (TPSA) is 55.8 Å². The minimum atomic E-state index is -4.52. The zero-order valence-corrected chi connectivity index (χ0v) is 14.1. The van der Waals surface area contributed by atoms with Crippen LogP contribution in [-0.2, 0) is 31.8 Å². The van der Waals surface area contributed by atoms with Gasteiger partial charge in [0, 0.05) is 38.7 Å². The number of hydrogen-bond donors (Lipinski definition) is 0. The van der Waals surface area contributed by atoms with E-state index in [2.05, 4.69) is 0 Å². The molecule has 1 aromatic rings. The van der Waals surface area contributed by atoms with Crippen molar-refractivity contribution in [2.45, 2.75) is 45.5 Å². The largest absolute Gasteiger partial charge is 0.461 e. The fraction of sp³-hybridized carbons (Fsp3) is 0.529. The predicted octanol–water partition coefficient (Wildman–Crippen LogP) is 3.30.